The van der Waals surface area contributed by atoms with Crippen molar-refractivity contribution in [3.63, 3.8) is 0 Å². The summed E-state index contributed by atoms with van der Waals surface area (Å²) < 4.78 is 11.2. The Balaban J connectivity index is 2.74. The number of hydrogen-bond acceptors (Lipinski definition) is 4. The molecule has 0 radical (unpaired) electrons. The lowest BCUT2D eigenvalue weighted by atomic mass is 10.1. The van der Waals surface area contributed by atoms with Crippen LogP contribution < -0.4 is 5.32 Å². The largest absolute Gasteiger partial charge is 0.463 e. The van der Waals surface area contributed by atoms with Gasteiger partial charge in [0.15, 0.2) is 0 Å². The Morgan fingerprint density at radius 1 is 1.35 bits per heavy atom. The van der Waals surface area contributed by atoms with Crippen LogP contribution in [0.2, 0.25) is 0 Å². The first-order chi connectivity index (χ1) is 9.65. The van der Waals surface area contributed by atoms with Gasteiger partial charge in [-0.05, 0) is 38.4 Å². The zero-order valence-electron chi connectivity index (χ0n) is 13.7. The van der Waals surface area contributed by atoms with E-state index in [1.165, 1.54) is 5.56 Å². The van der Waals surface area contributed by atoms with Gasteiger partial charge in [0, 0.05) is 19.7 Å². The van der Waals surface area contributed by atoms with Crippen LogP contribution in [0.25, 0.3) is 0 Å². The van der Waals surface area contributed by atoms with Crippen molar-refractivity contribution in [3.05, 3.63) is 23.2 Å². The molecule has 1 aromatic heterocycles. The van der Waals surface area contributed by atoms with Crippen molar-refractivity contribution in [1.82, 2.24) is 10.2 Å². The van der Waals surface area contributed by atoms with Crippen LogP contribution in [0.4, 0.5) is 0 Å². The molecule has 0 saturated heterocycles. The van der Waals surface area contributed by atoms with Crippen LogP contribution in [-0.2, 0) is 17.8 Å². The van der Waals surface area contributed by atoms with E-state index in [2.05, 4.69) is 37.1 Å². The number of ether oxygens (including phenoxy) is 1. The van der Waals surface area contributed by atoms with Gasteiger partial charge in [0.05, 0.1) is 19.7 Å². The van der Waals surface area contributed by atoms with Crippen LogP contribution in [0.15, 0.2) is 10.5 Å². The molecule has 0 aliphatic carbocycles. The van der Waals surface area contributed by atoms with Crippen molar-refractivity contribution in [3.8, 4) is 0 Å². The van der Waals surface area contributed by atoms with E-state index in [-0.39, 0.29) is 0 Å². The first-order valence-corrected chi connectivity index (χ1v) is 7.61. The predicted octanol–water partition coefficient (Wildman–Crippen LogP) is 2.94. The zero-order chi connectivity index (χ0) is 15.0. The van der Waals surface area contributed by atoms with Gasteiger partial charge in [-0.15, -0.1) is 0 Å². The third-order valence-electron chi connectivity index (χ3n) is 3.81. The van der Waals surface area contributed by atoms with Crippen molar-refractivity contribution in [2.75, 3.05) is 27.3 Å². The zero-order valence-corrected chi connectivity index (χ0v) is 13.7. The first-order valence-electron chi connectivity index (χ1n) is 7.61. The van der Waals surface area contributed by atoms with E-state index in [1.807, 2.05) is 7.05 Å². The Hall–Kier alpha value is -0.840. The fraction of sp³-hybridized carbons (Fsp3) is 0.750. The molecule has 0 aromatic carbocycles. The molecule has 0 bridgehead atoms. The van der Waals surface area contributed by atoms with E-state index in [0.29, 0.717) is 6.04 Å². The lowest BCUT2D eigenvalue weighted by Gasteiger charge is -2.29. The van der Waals surface area contributed by atoms with Crippen LogP contribution in [0, 0.1) is 6.92 Å². The lowest BCUT2D eigenvalue weighted by Crippen LogP contribution is -2.36. The summed E-state index contributed by atoms with van der Waals surface area (Å²) in [6, 6.07) is 2.75. The number of hydrogen-bond donors (Lipinski definition) is 1. The fourth-order valence-electron chi connectivity index (χ4n) is 2.61. The summed E-state index contributed by atoms with van der Waals surface area (Å²) >= 11 is 0. The fourth-order valence-corrected chi connectivity index (χ4v) is 2.61. The Labute approximate surface area is 123 Å². The Kier molecular flexibility index (Phi) is 7.88. The molecule has 4 nitrogen and oxygen atoms in total. The molecular formula is C16H30N2O2. The van der Waals surface area contributed by atoms with E-state index in [1.54, 1.807) is 7.11 Å². The summed E-state index contributed by atoms with van der Waals surface area (Å²) in [6.45, 7) is 9.95. The van der Waals surface area contributed by atoms with Gasteiger partial charge in [0.25, 0.3) is 0 Å². The van der Waals surface area contributed by atoms with Crippen LogP contribution in [0.5, 0.6) is 0 Å². The topological polar surface area (TPSA) is 37.6 Å². The maximum Gasteiger partial charge on any atom is 0.120 e. The van der Waals surface area contributed by atoms with Gasteiger partial charge in [0.1, 0.15) is 11.5 Å². The highest BCUT2D eigenvalue weighted by Gasteiger charge is 2.17. The highest BCUT2D eigenvalue weighted by atomic mass is 16.5. The van der Waals surface area contributed by atoms with E-state index < -0.39 is 0 Å². The van der Waals surface area contributed by atoms with Crippen LogP contribution in [0.1, 0.15) is 43.8 Å². The van der Waals surface area contributed by atoms with Gasteiger partial charge in [-0.25, -0.2) is 0 Å². The number of nitrogens with zero attached hydrogens (tertiary/aromatic N) is 1. The molecule has 20 heavy (non-hydrogen) atoms. The molecule has 1 N–H and O–H groups in total. The molecule has 4 heteroatoms. The summed E-state index contributed by atoms with van der Waals surface area (Å²) in [5, 5.41) is 3.14. The minimum absolute atomic E-state index is 0.586. The van der Waals surface area contributed by atoms with E-state index in [4.69, 9.17) is 9.15 Å². The van der Waals surface area contributed by atoms with E-state index in [9.17, 15) is 0 Å². The summed E-state index contributed by atoms with van der Waals surface area (Å²) in [5.41, 5.74) is 1.23. The van der Waals surface area contributed by atoms with Gasteiger partial charge >= 0.3 is 0 Å². The standard InChI is InChI=1S/C16H30N2O2/c1-6-14(7-2)18(8-9-19-5)12-15-10-13(3)16(20-15)11-17-4/h10,14,17H,6-9,11-12H2,1-5H3. The third-order valence-corrected chi connectivity index (χ3v) is 3.81. The van der Waals surface area contributed by atoms with Crippen LogP contribution in [-0.4, -0.2) is 38.3 Å². The second-order valence-electron chi connectivity index (χ2n) is 5.28. The molecule has 0 unspecified atom stereocenters. The monoisotopic (exact) mass is 282 g/mol. The Bertz CT molecular complexity index is 373. The molecule has 0 spiro atoms. The van der Waals surface area contributed by atoms with Gasteiger partial charge < -0.3 is 14.5 Å². The highest BCUT2D eigenvalue weighted by molar-refractivity contribution is 5.20. The van der Waals surface area contributed by atoms with Crippen molar-refractivity contribution in [2.24, 2.45) is 0 Å². The number of rotatable bonds is 10. The molecule has 0 aliphatic rings. The maximum absolute atomic E-state index is 5.96. The van der Waals surface area contributed by atoms with Crippen molar-refractivity contribution < 1.29 is 9.15 Å². The molecule has 116 valence electrons. The molecule has 0 saturated carbocycles. The van der Waals surface area contributed by atoms with Gasteiger partial charge in [-0.3, -0.25) is 4.90 Å². The molecule has 1 aromatic rings. The Morgan fingerprint density at radius 2 is 2.05 bits per heavy atom. The minimum Gasteiger partial charge on any atom is -0.463 e. The summed E-state index contributed by atoms with van der Waals surface area (Å²) in [6.07, 6.45) is 2.31. The number of aryl methyl sites for hydroxylation is 1. The van der Waals surface area contributed by atoms with Crippen LogP contribution >= 0.6 is 0 Å². The predicted molar refractivity (Wildman–Crippen MR) is 82.9 cm³/mol. The molecule has 0 fully saturated rings. The smallest absolute Gasteiger partial charge is 0.120 e. The molecule has 0 aliphatic heterocycles. The first kappa shape index (κ1) is 17.2. The number of methoxy groups -OCH3 is 1. The minimum atomic E-state index is 0.586. The summed E-state index contributed by atoms with van der Waals surface area (Å²) in [4.78, 5) is 2.46. The maximum atomic E-state index is 5.96. The molecule has 1 heterocycles. The molecule has 0 amide bonds. The number of nitrogens with one attached hydrogen (secondary N) is 1. The van der Waals surface area contributed by atoms with Crippen molar-refractivity contribution in [2.45, 2.75) is 52.7 Å². The second kappa shape index (κ2) is 9.16. The highest BCUT2D eigenvalue weighted by Crippen LogP contribution is 2.19. The van der Waals surface area contributed by atoms with Crippen LogP contribution in [0.3, 0.4) is 0 Å². The molecule has 1 rings (SSSR count). The summed E-state index contributed by atoms with van der Waals surface area (Å²) in [7, 11) is 3.70. The van der Waals surface area contributed by atoms with Gasteiger partial charge in [0.2, 0.25) is 0 Å². The average Bonchev–Trinajstić information content (AvgIpc) is 2.78. The summed E-state index contributed by atoms with van der Waals surface area (Å²) in [5.74, 6) is 2.09. The van der Waals surface area contributed by atoms with E-state index >= 15 is 0 Å². The second-order valence-corrected chi connectivity index (χ2v) is 5.28. The van der Waals surface area contributed by atoms with Gasteiger partial charge in [-0.2, -0.15) is 0 Å². The van der Waals surface area contributed by atoms with Crippen molar-refractivity contribution >= 4 is 0 Å². The Morgan fingerprint density at radius 3 is 2.60 bits per heavy atom. The van der Waals surface area contributed by atoms with Crippen molar-refractivity contribution in [1.29, 1.82) is 0 Å². The third kappa shape index (κ3) is 4.93. The molecular weight excluding hydrogens is 252 g/mol. The lowest BCUT2D eigenvalue weighted by molar-refractivity contribution is 0.104. The molecule has 0 atom stereocenters. The van der Waals surface area contributed by atoms with Gasteiger partial charge in [-0.1, -0.05) is 13.8 Å². The average molecular weight is 282 g/mol. The quantitative estimate of drug-likeness (QED) is 0.716. The SMILES string of the molecule is CCC(CC)N(CCOC)Cc1cc(C)c(CNC)o1. The number of furan rings is 1. The normalized spacial score (nSPS) is 11.8. The van der Waals surface area contributed by atoms with E-state index in [0.717, 1.165) is 50.6 Å².